The number of methoxy groups -OCH3 is 1. The Morgan fingerprint density at radius 1 is 1.23 bits per heavy atom. The van der Waals surface area contributed by atoms with Crippen LogP contribution in [0.2, 0.25) is 0 Å². The molecule has 0 spiro atoms. The van der Waals surface area contributed by atoms with E-state index in [9.17, 15) is 0 Å². The van der Waals surface area contributed by atoms with Crippen molar-refractivity contribution >= 4 is 0 Å². The third-order valence-corrected chi connectivity index (χ3v) is 1.76. The van der Waals surface area contributed by atoms with Crippen molar-refractivity contribution in [3.8, 4) is 17.2 Å². The predicted octanol–water partition coefficient (Wildman–Crippen LogP) is 2.35. The van der Waals surface area contributed by atoms with Crippen molar-refractivity contribution in [2.45, 2.75) is 0 Å². The highest BCUT2D eigenvalue weighted by molar-refractivity contribution is 5.58. The van der Waals surface area contributed by atoms with Crippen LogP contribution < -0.4 is 4.74 Å². The average molecular weight is 175 g/mol. The van der Waals surface area contributed by atoms with Crippen LogP contribution in [0, 0.1) is 0 Å². The summed E-state index contributed by atoms with van der Waals surface area (Å²) in [5, 5.41) is 3.86. The molecule has 0 aliphatic heterocycles. The molecule has 66 valence electrons. The molecule has 3 heteroatoms. The summed E-state index contributed by atoms with van der Waals surface area (Å²) in [7, 11) is 1.55. The van der Waals surface area contributed by atoms with Crippen molar-refractivity contribution < 1.29 is 9.26 Å². The molecule has 13 heavy (non-hydrogen) atoms. The van der Waals surface area contributed by atoms with Gasteiger partial charge < -0.3 is 9.26 Å². The second kappa shape index (κ2) is 3.31. The minimum atomic E-state index is 0.429. The molecule has 0 unspecified atom stereocenters. The standard InChI is InChI=1S/C10H9NO2/c1-12-10-7-9(11-13-10)8-5-3-2-4-6-8/h2-7H,1H3. The highest BCUT2D eigenvalue weighted by Gasteiger charge is 2.04. The van der Waals surface area contributed by atoms with Crippen LogP contribution in [-0.4, -0.2) is 12.3 Å². The van der Waals surface area contributed by atoms with E-state index in [0.717, 1.165) is 11.3 Å². The van der Waals surface area contributed by atoms with Crippen LogP contribution in [0.15, 0.2) is 40.9 Å². The van der Waals surface area contributed by atoms with Gasteiger partial charge in [-0.1, -0.05) is 35.5 Å². The summed E-state index contributed by atoms with van der Waals surface area (Å²) in [5.74, 6) is 0.429. The topological polar surface area (TPSA) is 35.3 Å². The normalized spacial score (nSPS) is 9.92. The number of benzene rings is 1. The van der Waals surface area contributed by atoms with E-state index in [-0.39, 0.29) is 0 Å². The highest BCUT2D eigenvalue weighted by Crippen LogP contribution is 2.21. The maximum atomic E-state index is 4.90. The Bertz CT molecular complexity index is 381. The Hall–Kier alpha value is -1.77. The number of hydrogen-bond donors (Lipinski definition) is 0. The summed E-state index contributed by atoms with van der Waals surface area (Å²) in [4.78, 5) is 0. The number of hydrogen-bond acceptors (Lipinski definition) is 3. The molecule has 1 heterocycles. The van der Waals surface area contributed by atoms with Crippen LogP contribution in [0.1, 0.15) is 0 Å². The molecular weight excluding hydrogens is 166 g/mol. The number of nitrogens with zero attached hydrogens (tertiary/aromatic N) is 1. The second-order valence-corrected chi connectivity index (χ2v) is 2.60. The van der Waals surface area contributed by atoms with Crippen molar-refractivity contribution in [1.82, 2.24) is 5.16 Å². The zero-order valence-electron chi connectivity index (χ0n) is 7.23. The van der Waals surface area contributed by atoms with Gasteiger partial charge in [-0.15, -0.1) is 0 Å². The Morgan fingerprint density at radius 3 is 2.62 bits per heavy atom. The van der Waals surface area contributed by atoms with Gasteiger partial charge in [0.2, 0.25) is 0 Å². The molecule has 0 saturated heterocycles. The van der Waals surface area contributed by atoms with E-state index in [1.165, 1.54) is 0 Å². The van der Waals surface area contributed by atoms with Crippen molar-refractivity contribution in [1.29, 1.82) is 0 Å². The lowest BCUT2D eigenvalue weighted by atomic mass is 10.2. The molecule has 1 aromatic heterocycles. The van der Waals surface area contributed by atoms with Crippen molar-refractivity contribution in [3.05, 3.63) is 36.4 Å². The van der Waals surface area contributed by atoms with E-state index < -0.39 is 0 Å². The van der Waals surface area contributed by atoms with Crippen LogP contribution in [-0.2, 0) is 0 Å². The fraction of sp³-hybridized carbons (Fsp3) is 0.100. The van der Waals surface area contributed by atoms with Gasteiger partial charge in [0.1, 0.15) is 5.69 Å². The third-order valence-electron chi connectivity index (χ3n) is 1.76. The summed E-state index contributed by atoms with van der Waals surface area (Å²) in [5.41, 5.74) is 1.81. The van der Waals surface area contributed by atoms with Gasteiger partial charge in [0, 0.05) is 5.56 Å². The summed E-state index contributed by atoms with van der Waals surface area (Å²) in [6, 6.07) is 11.6. The molecular formula is C10H9NO2. The Balaban J connectivity index is 2.36. The summed E-state index contributed by atoms with van der Waals surface area (Å²) in [6.45, 7) is 0. The van der Waals surface area contributed by atoms with Gasteiger partial charge in [-0.05, 0) is 0 Å². The van der Waals surface area contributed by atoms with Crippen molar-refractivity contribution in [2.24, 2.45) is 0 Å². The second-order valence-electron chi connectivity index (χ2n) is 2.60. The van der Waals surface area contributed by atoms with E-state index in [1.807, 2.05) is 30.3 Å². The molecule has 0 saturated carbocycles. The first kappa shape index (κ1) is 7.86. The lowest BCUT2D eigenvalue weighted by Gasteiger charge is -1.91. The van der Waals surface area contributed by atoms with E-state index in [0.29, 0.717) is 5.95 Å². The quantitative estimate of drug-likeness (QED) is 0.702. The van der Waals surface area contributed by atoms with Gasteiger partial charge in [-0.3, -0.25) is 0 Å². The lowest BCUT2D eigenvalue weighted by molar-refractivity contribution is 0.261. The first-order valence-corrected chi connectivity index (χ1v) is 3.96. The highest BCUT2D eigenvalue weighted by atomic mass is 16.6. The lowest BCUT2D eigenvalue weighted by Crippen LogP contribution is -1.76. The van der Waals surface area contributed by atoms with E-state index in [4.69, 9.17) is 9.26 Å². The summed E-state index contributed by atoms with van der Waals surface area (Å²) < 4.78 is 9.78. The maximum absolute atomic E-state index is 4.90. The van der Waals surface area contributed by atoms with Crippen LogP contribution >= 0.6 is 0 Å². The Kier molecular flexibility index (Phi) is 2.00. The molecule has 0 fully saturated rings. The van der Waals surface area contributed by atoms with E-state index >= 15 is 0 Å². The predicted molar refractivity (Wildman–Crippen MR) is 48.5 cm³/mol. The minimum absolute atomic E-state index is 0.429. The largest absolute Gasteiger partial charge is 0.467 e. The molecule has 0 aliphatic rings. The SMILES string of the molecule is COc1cc(-c2ccccc2)no1. The van der Waals surface area contributed by atoms with Crippen LogP contribution in [0.5, 0.6) is 5.95 Å². The van der Waals surface area contributed by atoms with Crippen LogP contribution in [0.3, 0.4) is 0 Å². The number of aromatic nitrogens is 1. The summed E-state index contributed by atoms with van der Waals surface area (Å²) >= 11 is 0. The molecule has 2 aromatic rings. The molecule has 0 radical (unpaired) electrons. The smallest absolute Gasteiger partial charge is 0.311 e. The average Bonchev–Trinajstić information content (AvgIpc) is 2.67. The van der Waals surface area contributed by atoms with Gasteiger partial charge >= 0.3 is 5.95 Å². The van der Waals surface area contributed by atoms with Crippen molar-refractivity contribution in [2.75, 3.05) is 7.11 Å². The van der Waals surface area contributed by atoms with Crippen LogP contribution in [0.25, 0.3) is 11.3 Å². The van der Waals surface area contributed by atoms with Crippen molar-refractivity contribution in [3.63, 3.8) is 0 Å². The Labute approximate surface area is 75.9 Å². The number of ether oxygens (including phenoxy) is 1. The molecule has 0 amide bonds. The van der Waals surface area contributed by atoms with Gasteiger partial charge in [-0.25, -0.2) is 0 Å². The minimum Gasteiger partial charge on any atom is -0.467 e. The van der Waals surface area contributed by atoms with Gasteiger partial charge in [-0.2, -0.15) is 0 Å². The molecule has 0 aliphatic carbocycles. The zero-order valence-corrected chi connectivity index (χ0v) is 7.23. The first-order valence-electron chi connectivity index (χ1n) is 3.96. The molecule has 2 rings (SSSR count). The first-order chi connectivity index (χ1) is 6.40. The van der Waals surface area contributed by atoms with Gasteiger partial charge in [0.05, 0.1) is 13.2 Å². The molecule has 0 atom stereocenters. The van der Waals surface area contributed by atoms with Gasteiger partial charge in [0.25, 0.3) is 0 Å². The molecule has 0 bridgehead atoms. The van der Waals surface area contributed by atoms with Gasteiger partial charge in [0.15, 0.2) is 0 Å². The third kappa shape index (κ3) is 1.54. The van der Waals surface area contributed by atoms with E-state index in [1.54, 1.807) is 13.2 Å². The fourth-order valence-electron chi connectivity index (χ4n) is 1.10. The maximum Gasteiger partial charge on any atom is 0.311 e. The number of rotatable bonds is 2. The fourth-order valence-corrected chi connectivity index (χ4v) is 1.10. The van der Waals surface area contributed by atoms with Crippen LogP contribution in [0.4, 0.5) is 0 Å². The molecule has 0 N–H and O–H groups in total. The Morgan fingerprint density at radius 2 is 2.00 bits per heavy atom. The summed E-state index contributed by atoms with van der Waals surface area (Å²) in [6.07, 6.45) is 0. The molecule has 1 aromatic carbocycles. The molecule has 3 nitrogen and oxygen atoms in total. The zero-order chi connectivity index (χ0) is 9.10. The van der Waals surface area contributed by atoms with E-state index in [2.05, 4.69) is 5.16 Å². The monoisotopic (exact) mass is 175 g/mol.